The van der Waals surface area contributed by atoms with E-state index in [1.54, 1.807) is 10.7 Å². The fourth-order valence-electron chi connectivity index (χ4n) is 2.06. The van der Waals surface area contributed by atoms with E-state index in [9.17, 15) is 9.90 Å². The molecule has 1 heterocycles. The van der Waals surface area contributed by atoms with Crippen LogP contribution in [0.25, 0.3) is 0 Å². The average Bonchev–Trinajstić information content (AvgIpc) is 3.16. The molecule has 0 spiro atoms. The number of tetrazole rings is 1. The second-order valence-electron chi connectivity index (χ2n) is 4.82. The summed E-state index contributed by atoms with van der Waals surface area (Å²) in [7, 11) is 0. The van der Waals surface area contributed by atoms with E-state index >= 15 is 0 Å². The molecule has 1 aliphatic rings. The molecule has 0 atom stereocenters. The summed E-state index contributed by atoms with van der Waals surface area (Å²) >= 11 is 0. The van der Waals surface area contributed by atoms with Crippen LogP contribution in [0.15, 0.2) is 18.2 Å². The van der Waals surface area contributed by atoms with Gasteiger partial charge in [-0.15, -0.1) is 5.10 Å². The maximum Gasteiger partial charge on any atom is 0.339 e. The first-order chi connectivity index (χ1) is 9.66. The predicted octanol–water partition coefficient (Wildman–Crippen LogP) is 1.59. The Balaban J connectivity index is 1.81. The van der Waals surface area contributed by atoms with Gasteiger partial charge in [0.1, 0.15) is 17.9 Å². The summed E-state index contributed by atoms with van der Waals surface area (Å²) in [4.78, 5) is 11.2. The number of rotatable bonds is 5. The molecule has 104 valence electrons. The molecule has 0 radical (unpaired) electrons. The number of nitrogens with zero attached hydrogens (tertiary/aromatic N) is 4. The summed E-state index contributed by atoms with van der Waals surface area (Å²) in [5.41, 5.74) is 0.922. The molecule has 0 amide bonds. The van der Waals surface area contributed by atoms with Crippen molar-refractivity contribution in [2.75, 3.05) is 0 Å². The monoisotopic (exact) mass is 274 g/mol. The lowest BCUT2D eigenvalue weighted by molar-refractivity contribution is 0.0691. The summed E-state index contributed by atoms with van der Waals surface area (Å²) < 4.78 is 7.40. The molecule has 0 aliphatic heterocycles. The van der Waals surface area contributed by atoms with E-state index in [0.717, 1.165) is 18.4 Å². The molecule has 0 unspecified atom stereocenters. The Labute approximate surface area is 115 Å². The Kier molecular flexibility index (Phi) is 3.09. The van der Waals surface area contributed by atoms with Crippen molar-refractivity contribution in [3.05, 3.63) is 35.2 Å². The molecule has 2 aromatic rings. The van der Waals surface area contributed by atoms with E-state index < -0.39 is 5.97 Å². The highest BCUT2D eigenvalue weighted by atomic mass is 16.5. The topological polar surface area (TPSA) is 90.1 Å². The molecule has 1 fully saturated rings. The van der Waals surface area contributed by atoms with Crippen molar-refractivity contribution in [3.8, 4) is 5.75 Å². The number of hydrogen-bond acceptors (Lipinski definition) is 5. The molecule has 1 aliphatic carbocycles. The van der Waals surface area contributed by atoms with E-state index in [2.05, 4.69) is 15.5 Å². The van der Waals surface area contributed by atoms with Gasteiger partial charge in [0.25, 0.3) is 0 Å². The summed E-state index contributed by atoms with van der Waals surface area (Å²) in [5, 5.41) is 20.7. The fourth-order valence-corrected chi connectivity index (χ4v) is 2.06. The minimum atomic E-state index is -1.01. The number of ether oxygens (including phenoxy) is 1. The van der Waals surface area contributed by atoms with Crippen molar-refractivity contribution < 1.29 is 14.6 Å². The van der Waals surface area contributed by atoms with Crippen LogP contribution in [0.2, 0.25) is 0 Å². The number of para-hydroxylation sites is 1. The first kappa shape index (κ1) is 12.6. The minimum Gasteiger partial charge on any atom is -0.484 e. The van der Waals surface area contributed by atoms with Gasteiger partial charge in [0.05, 0.1) is 6.04 Å². The fraction of sp³-hybridized carbons (Fsp3) is 0.385. The van der Waals surface area contributed by atoms with Gasteiger partial charge >= 0.3 is 5.97 Å². The van der Waals surface area contributed by atoms with E-state index in [1.165, 1.54) is 6.07 Å². The highest BCUT2D eigenvalue weighted by Gasteiger charge is 2.28. The van der Waals surface area contributed by atoms with Gasteiger partial charge in [-0.05, 0) is 41.8 Å². The number of aryl methyl sites for hydroxylation is 1. The molecule has 7 heteroatoms. The molecule has 1 aromatic carbocycles. The van der Waals surface area contributed by atoms with Crippen LogP contribution in [-0.2, 0) is 6.61 Å². The standard InChI is InChI=1S/C13H14N4O3/c1-8-3-2-4-10(13(18)19)12(8)20-7-11-14-15-16-17(11)9-5-6-9/h2-4,9H,5-7H2,1H3,(H,18,19). The highest BCUT2D eigenvalue weighted by Crippen LogP contribution is 2.34. The van der Waals surface area contributed by atoms with Crippen molar-refractivity contribution >= 4 is 5.97 Å². The molecule has 1 N–H and O–H groups in total. The maximum atomic E-state index is 11.2. The van der Waals surface area contributed by atoms with Crippen molar-refractivity contribution in [1.82, 2.24) is 20.2 Å². The number of carboxylic acids is 1. The summed E-state index contributed by atoms with van der Waals surface area (Å²) in [6.45, 7) is 1.97. The van der Waals surface area contributed by atoms with Gasteiger partial charge in [0, 0.05) is 0 Å². The van der Waals surface area contributed by atoms with Crippen molar-refractivity contribution in [2.45, 2.75) is 32.4 Å². The molecule has 1 aromatic heterocycles. The number of benzene rings is 1. The number of aromatic nitrogens is 4. The van der Waals surface area contributed by atoms with E-state index in [1.807, 2.05) is 13.0 Å². The van der Waals surface area contributed by atoms with Gasteiger partial charge in [-0.2, -0.15) is 0 Å². The third-order valence-corrected chi connectivity index (χ3v) is 3.24. The normalized spacial score (nSPS) is 14.2. The highest BCUT2D eigenvalue weighted by molar-refractivity contribution is 5.91. The van der Waals surface area contributed by atoms with Gasteiger partial charge in [-0.25, -0.2) is 9.48 Å². The van der Waals surface area contributed by atoms with Gasteiger partial charge in [-0.1, -0.05) is 12.1 Å². The Morgan fingerprint density at radius 2 is 2.30 bits per heavy atom. The molecule has 3 rings (SSSR count). The van der Waals surface area contributed by atoms with Gasteiger partial charge in [0.15, 0.2) is 5.82 Å². The quantitative estimate of drug-likeness (QED) is 0.890. The first-order valence-electron chi connectivity index (χ1n) is 6.39. The Hall–Kier alpha value is -2.44. The molecule has 1 saturated carbocycles. The molecule has 7 nitrogen and oxygen atoms in total. The lowest BCUT2D eigenvalue weighted by Crippen LogP contribution is -2.10. The Morgan fingerprint density at radius 1 is 1.50 bits per heavy atom. The van der Waals surface area contributed by atoms with E-state index in [0.29, 0.717) is 17.6 Å². The zero-order chi connectivity index (χ0) is 14.1. The zero-order valence-electron chi connectivity index (χ0n) is 11.0. The molecule has 20 heavy (non-hydrogen) atoms. The second-order valence-corrected chi connectivity index (χ2v) is 4.82. The smallest absolute Gasteiger partial charge is 0.339 e. The number of carboxylic acid groups (broad SMARTS) is 1. The zero-order valence-corrected chi connectivity index (χ0v) is 11.0. The van der Waals surface area contributed by atoms with Crippen LogP contribution in [0, 0.1) is 6.92 Å². The first-order valence-corrected chi connectivity index (χ1v) is 6.39. The third-order valence-electron chi connectivity index (χ3n) is 3.24. The number of carbonyl (C=O) groups is 1. The van der Waals surface area contributed by atoms with Gasteiger partial charge in [0.2, 0.25) is 0 Å². The SMILES string of the molecule is Cc1cccc(C(=O)O)c1OCc1nnnn1C1CC1. The Bertz CT molecular complexity index is 649. The van der Waals surface area contributed by atoms with Crippen LogP contribution in [-0.4, -0.2) is 31.3 Å². The average molecular weight is 274 g/mol. The van der Waals surface area contributed by atoms with Crippen molar-refractivity contribution in [2.24, 2.45) is 0 Å². The summed E-state index contributed by atoms with van der Waals surface area (Å²) in [5.74, 6) is -0.0251. The third kappa shape index (κ3) is 2.34. The van der Waals surface area contributed by atoms with Gasteiger partial charge < -0.3 is 9.84 Å². The second kappa shape index (κ2) is 4.92. The molecular weight excluding hydrogens is 260 g/mol. The minimum absolute atomic E-state index is 0.149. The lowest BCUT2D eigenvalue weighted by atomic mass is 10.1. The van der Waals surface area contributed by atoms with Crippen molar-refractivity contribution in [1.29, 1.82) is 0 Å². The summed E-state index contributed by atoms with van der Waals surface area (Å²) in [6, 6.07) is 5.39. The number of hydrogen-bond donors (Lipinski definition) is 1. The molecule has 0 bridgehead atoms. The van der Waals surface area contributed by atoms with Crippen LogP contribution in [0.5, 0.6) is 5.75 Å². The van der Waals surface area contributed by atoms with Crippen LogP contribution < -0.4 is 4.74 Å². The largest absolute Gasteiger partial charge is 0.484 e. The molecule has 0 saturated heterocycles. The lowest BCUT2D eigenvalue weighted by Gasteiger charge is -2.11. The molecular formula is C13H14N4O3. The van der Waals surface area contributed by atoms with Crippen LogP contribution in [0.3, 0.4) is 0 Å². The van der Waals surface area contributed by atoms with Crippen LogP contribution in [0.1, 0.15) is 40.6 Å². The van der Waals surface area contributed by atoms with Crippen LogP contribution in [0.4, 0.5) is 0 Å². The maximum absolute atomic E-state index is 11.2. The van der Waals surface area contributed by atoms with E-state index in [4.69, 9.17) is 4.74 Å². The number of aromatic carboxylic acids is 1. The van der Waals surface area contributed by atoms with Crippen molar-refractivity contribution in [3.63, 3.8) is 0 Å². The van der Waals surface area contributed by atoms with Gasteiger partial charge in [-0.3, -0.25) is 0 Å². The predicted molar refractivity (Wildman–Crippen MR) is 68.6 cm³/mol. The Morgan fingerprint density at radius 3 is 3.00 bits per heavy atom. The van der Waals surface area contributed by atoms with Crippen LogP contribution >= 0.6 is 0 Å². The van der Waals surface area contributed by atoms with E-state index in [-0.39, 0.29) is 12.2 Å². The summed E-state index contributed by atoms with van der Waals surface area (Å²) in [6.07, 6.45) is 2.14.